The van der Waals surface area contributed by atoms with Gasteiger partial charge in [0.25, 0.3) is 5.69 Å². The van der Waals surface area contributed by atoms with Crippen LogP contribution < -0.4 is 5.32 Å². The molecule has 0 radical (unpaired) electrons. The molecule has 0 amide bonds. The van der Waals surface area contributed by atoms with Crippen LogP contribution in [0.1, 0.15) is 24.1 Å². The minimum Gasteiger partial charge on any atom is -0.364 e. The molecule has 0 bridgehead atoms. The van der Waals surface area contributed by atoms with Crippen molar-refractivity contribution in [2.45, 2.75) is 19.9 Å². The van der Waals surface area contributed by atoms with Crippen molar-refractivity contribution in [2.75, 3.05) is 5.32 Å². The zero-order valence-corrected chi connectivity index (χ0v) is 10.8. The molecule has 1 aromatic heterocycles. The molecular formula is C14H15N3O2. The highest BCUT2D eigenvalue weighted by Crippen LogP contribution is 2.21. The molecule has 0 aliphatic heterocycles. The smallest absolute Gasteiger partial charge is 0.287 e. The van der Waals surface area contributed by atoms with E-state index < -0.39 is 4.92 Å². The maximum Gasteiger partial charge on any atom is 0.287 e. The molecule has 2 rings (SSSR count). The molecule has 0 spiro atoms. The van der Waals surface area contributed by atoms with E-state index >= 15 is 0 Å². The van der Waals surface area contributed by atoms with Crippen molar-refractivity contribution in [3.05, 3.63) is 63.8 Å². The van der Waals surface area contributed by atoms with Gasteiger partial charge < -0.3 is 5.32 Å². The van der Waals surface area contributed by atoms with Gasteiger partial charge >= 0.3 is 0 Å². The second-order valence-electron chi connectivity index (χ2n) is 4.38. The Balaban J connectivity index is 2.13. The number of nitrogens with zero attached hydrogens (tertiary/aromatic N) is 2. The summed E-state index contributed by atoms with van der Waals surface area (Å²) in [4.78, 5) is 14.1. The van der Waals surface area contributed by atoms with Crippen molar-refractivity contribution in [3.63, 3.8) is 0 Å². The van der Waals surface area contributed by atoms with E-state index in [4.69, 9.17) is 0 Å². The highest BCUT2D eigenvalue weighted by Gasteiger charge is 2.10. The number of aryl methyl sites for hydroxylation is 1. The van der Waals surface area contributed by atoms with Gasteiger partial charge in [0.2, 0.25) is 0 Å². The highest BCUT2D eigenvalue weighted by atomic mass is 16.6. The van der Waals surface area contributed by atoms with E-state index in [0.717, 1.165) is 0 Å². The Kier molecular flexibility index (Phi) is 3.75. The third-order valence-corrected chi connectivity index (χ3v) is 2.98. The monoisotopic (exact) mass is 257 g/mol. The number of nitrogens with one attached hydrogen (secondary N) is 1. The maximum absolute atomic E-state index is 10.5. The first-order valence-corrected chi connectivity index (χ1v) is 6.00. The molecule has 5 nitrogen and oxygen atoms in total. The number of nitro groups is 1. The Hall–Kier alpha value is -2.43. The van der Waals surface area contributed by atoms with Gasteiger partial charge in [0, 0.05) is 6.07 Å². The van der Waals surface area contributed by atoms with E-state index in [1.165, 1.54) is 23.4 Å². The van der Waals surface area contributed by atoms with Gasteiger partial charge in [-0.1, -0.05) is 24.3 Å². The molecule has 1 unspecified atom stereocenters. The molecule has 5 heteroatoms. The zero-order chi connectivity index (χ0) is 13.8. The molecule has 1 heterocycles. The van der Waals surface area contributed by atoms with E-state index in [9.17, 15) is 10.1 Å². The Bertz CT molecular complexity index is 581. The molecule has 1 N–H and O–H groups in total. The van der Waals surface area contributed by atoms with Crippen LogP contribution in [0.2, 0.25) is 0 Å². The summed E-state index contributed by atoms with van der Waals surface area (Å²) in [6.45, 7) is 4.09. The predicted octanol–water partition coefficient (Wildman–Crippen LogP) is 3.47. The van der Waals surface area contributed by atoms with Gasteiger partial charge in [-0.15, -0.1) is 0 Å². The van der Waals surface area contributed by atoms with E-state index in [1.54, 1.807) is 6.07 Å². The summed E-state index contributed by atoms with van der Waals surface area (Å²) >= 11 is 0. The number of pyridine rings is 1. The average Bonchev–Trinajstić information content (AvgIpc) is 2.39. The van der Waals surface area contributed by atoms with E-state index in [0.29, 0.717) is 5.82 Å². The third kappa shape index (κ3) is 3.07. The summed E-state index contributed by atoms with van der Waals surface area (Å²) in [6.07, 6.45) is 1.26. The van der Waals surface area contributed by atoms with E-state index in [2.05, 4.69) is 29.4 Å². The van der Waals surface area contributed by atoms with Gasteiger partial charge in [0.15, 0.2) is 0 Å². The minimum atomic E-state index is -0.457. The average molecular weight is 257 g/mol. The lowest BCUT2D eigenvalue weighted by molar-refractivity contribution is -0.385. The molecule has 2 aromatic rings. The second-order valence-corrected chi connectivity index (χ2v) is 4.38. The maximum atomic E-state index is 10.5. The second kappa shape index (κ2) is 5.48. The first-order chi connectivity index (χ1) is 9.08. The van der Waals surface area contributed by atoms with Crippen LogP contribution in [0.15, 0.2) is 42.6 Å². The topological polar surface area (TPSA) is 68.1 Å². The number of aromatic nitrogens is 1. The Morgan fingerprint density at radius 3 is 2.58 bits per heavy atom. The molecule has 1 atom stereocenters. The van der Waals surface area contributed by atoms with Crippen LogP contribution in [-0.2, 0) is 0 Å². The summed E-state index contributed by atoms with van der Waals surface area (Å²) in [5.41, 5.74) is 2.38. The van der Waals surface area contributed by atoms with Crippen molar-refractivity contribution >= 4 is 11.5 Å². The van der Waals surface area contributed by atoms with Crippen LogP contribution in [0.5, 0.6) is 0 Å². The van der Waals surface area contributed by atoms with Crippen LogP contribution >= 0.6 is 0 Å². The third-order valence-electron chi connectivity index (χ3n) is 2.98. The molecular weight excluding hydrogens is 242 g/mol. The molecule has 0 aliphatic rings. The lowest BCUT2D eigenvalue weighted by atomic mass is 10.0. The Morgan fingerprint density at radius 1 is 1.26 bits per heavy atom. The number of rotatable bonds is 4. The van der Waals surface area contributed by atoms with Gasteiger partial charge in [-0.25, -0.2) is 4.98 Å². The molecule has 0 fully saturated rings. The SMILES string of the molecule is Cc1ccccc1C(C)Nc1ccc([N+](=O)[O-])cn1. The normalized spacial score (nSPS) is 11.9. The standard InChI is InChI=1S/C14H15N3O2/c1-10-5-3-4-6-13(10)11(2)16-14-8-7-12(9-15-14)17(18)19/h3-9,11H,1-2H3,(H,15,16). The highest BCUT2D eigenvalue weighted by molar-refractivity contribution is 5.43. The first-order valence-electron chi connectivity index (χ1n) is 6.00. The summed E-state index contributed by atoms with van der Waals surface area (Å²) in [5.74, 6) is 0.626. The quantitative estimate of drug-likeness (QED) is 0.672. The predicted molar refractivity (Wildman–Crippen MR) is 74.1 cm³/mol. The molecule has 0 saturated heterocycles. The van der Waals surface area contributed by atoms with Crippen molar-refractivity contribution in [3.8, 4) is 0 Å². The Morgan fingerprint density at radius 2 is 2.00 bits per heavy atom. The molecule has 0 aliphatic carbocycles. The van der Waals surface area contributed by atoms with Crippen LogP contribution in [-0.4, -0.2) is 9.91 Å². The fourth-order valence-electron chi connectivity index (χ4n) is 1.95. The van der Waals surface area contributed by atoms with Crippen molar-refractivity contribution in [1.29, 1.82) is 0 Å². The fraction of sp³-hybridized carbons (Fsp3) is 0.214. The Labute approximate surface area is 111 Å². The van der Waals surface area contributed by atoms with Crippen LogP contribution in [0.25, 0.3) is 0 Å². The molecule has 1 aromatic carbocycles. The van der Waals surface area contributed by atoms with Crippen molar-refractivity contribution < 1.29 is 4.92 Å². The zero-order valence-electron chi connectivity index (χ0n) is 10.8. The summed E-state index contributed by atoms with van der Waals surface area (Å²) in [5, 5.41) is 13.8. The van der Waals surface area contributed by atoms with Crippen LogP contribution in [0.4, 0.5) is 11.5 Å². The number of hydrogen-bond donors (Lipinski definition) is 1. The van der Waals surface area contributed by atoms with Gasteiger partial charge in [0.05, 0.1) is 11.0 Å². The minimum absolute atomic E-state index is 0.00547. The lowest BCUT2D eigenvalue weighted by Gasteiger charge is -2.16. The summed E-state index contributed by atoms with van der Waals surface area (Å²) in [6, 6.07) is 11.2. The number of hydrogen-bond acceptors (Lipinski definition) is 4. The number of anilines is 1. The number of benzene rings is 1. The molecule has 98 valence electrons. The summed E-state index contributed by atoms with van der Waals surface area (Å²) < 4.78 is 0. The van der Waals surface area contributed by atoms with Crippen LogP contribution in [0.3, 0.4) is 0 Å². The van der Waals surface area contributed by atoms with Gasteiger partial charge in [-0.2, -0.15) is 0 Å². The summed E-state index contributed by atoms with van der Waals surface area (Å²) in [7, 11) is 0. The van der Waals surface area contributed by atoms with Crippen LogP contribution in [0, 0.1) is 17.0 Å². The fourth-order valence-corrected chi connectivity index (χ4v) is 1.95. The molecule has 0 saturated carbocycles. The largest absolute Gasteiger partial charge is 0.364 e. The first kappa shape index (κ1) is 13.0. The van der Waals surface area contributed by atoms with Gasteiger partial charge in [0.1, 0.15) is 12.0 Å². The van der Waals surface area contributed by atoms with E-state index in [1.807, 2.05) is 19.1 Å². The molecule has 19 heavy (non-hydrogen) atoms. The van der Waals surface area contributed by atoms with Gasteiger partial charge in [-0.05, 0) is 31.0 Å². The van der Waals surface area contributed by atoms with Gasteiger partial charge in [-0.3, -0.25) is 10.1 Å². The lowest BCUT2D eigenvalue weighted by Crippen LogP contribution is -2.09. The van der Waals surface area contributed by atoms with E-state index in [-0.39, 0.29) is 11.7 Å². The van der Waals surface area contributed by atoms with Crippen molar-refractivity contribution in [2.24, 2.45) is 0 Å². The van der Waals surface area contributed by atoms with Crippen molar-refractivity contribution in [1.82, 2.24) is 4.98 Å².